The molecule has 0 aliphatic rings. The highest BCUT2D eigenvalue weighted by molar-refractivity contribution is 6.06. The van der Waals surface area contributed by atoms with E-state index in [4.69, 9.17) is 0 Å². The molecule has 102 valence electrons. The summed E-state index contributed by atoms with van der Waals surface area (Å²) in [4.78, 5) is 19.2. The van der Waals surface area contributed by atoms with Crippen LogP contribution in [0.2, 0.25) is 0 Å². The Morgan fingerprint density at radius 3 is 3.10 bits per heavy atom. The first-order chi connectivity index (χ1) is 9.84. The molecular formula is C15H16N4O. The normalized spacial score (nSPS) is 10.8. The first kappa shape index (κ1) is 12.5. The molecule has 3 aromatic rings. The fourth-order valence-electron chi connectivity index (χ4n) is 2.24. The van der Waals surface area contributed by atoms with Gasteiger partial charge in [0.2, 0.25) is 0 Å². The van der Waals surface area contributed by atoms with Gasteiger partial charge in [0.15, 0.2) is 0 Å². The zero-order valence-electron chi connectivity index (χ0n) is 11.0. The number of aromatic nitrogens is 3. The van der Waals surface area contributed by atoms with Crippen molar-refractivity contribution in [2.24, 2.45) is 0 Å². The lowest BCUT2D eigenvalue weighted by Gasteiger charge is -2.05. The number of benzene rings is 1. The van der Waals surface area contributed by atoms with Gasteiger partial charge in [-0.05, 0) is 12.5 Å². The van der Waals surface area contributed by atoms with Gasteiger partial charge >= 0.3 is 0 Å². The van der Waals surface area contributed by atoms with Crippen LogP contribution in [0.4, 0.5) is 0 Å². The lowest BCUT2D eigenvalue weighted by atomic mass is 10.1. The second-order valence-corrected chi connectivity index (χ2v) is 4.66. The van der Waals surface area contributed by atoms with Gasteiger partial charge in [-0.25, -0.2) is 4.98 Å². The first-order valence-electron chi connectivity index (χ1n) is 6.64. The van der Waals surface area contributed by atoms with Crippen LogP contribution in [0.25, 0.3) is 10.9 Å². The molecule has 2 aromatic heterocycles. The fraction of sp³-hybridized carbons (Fsp3) is 0.200. The van der Waals surface area contributed by atoms with Crippen LogP contribution >= 0.6 is 0 Å². The summed E-state index contributed by atoms with van der Waals surface area (Å²) in [5.41, 5.74) is 1.68. The Bertz CT molecular complexity index is 700. The third kappa shape index (κ3) is 2.56. The number of fused-ring (bicyclic) bond motifs is 1. The van der Waals surface area contributed by atoms with Gasteiger partial charge in [-0.3, -0.25) is 4.79 Å². The number of aryl methyl sites for hydroxylation is 1. The predicted octanol–water partition coefficient (Wildman–Crippen LogP) is 2.18. The molecule has 5 nitrogen and oxygen atoms in total. The molecule has 0 spiro atoms. The average Bonchev–Trinajstić information content (AvgIpc) is 3.12. The lowest BCUT2D eigenvalue weighted by Crippen LogP contribution is -2.24. The maximum Gasteiger partial charge on any atom is 0.253 e. The quantitative estimate of drug-likeness (QED) is 0.697. The number of aromatic amines is 1. The van der Waals surface area contributed by atoms with Crippen LogP contribution in [-0.2, 0) is 6.54 Å². The number of amides is 1. The highest BCUT2D eigenvalue weighted by Gasteiger charge is 2.10. The van der Waals surface area contributed by atoms with Gasteiger partial charge in [0.1, 0.15) is 0 Å². The SMILES string of the molecule is O=C(NCCCn1ccnc1)c1c[nH]c2ccccc12. The van der Waals surface area contributed by atoms with Gasteiger partial charge in [-0.15, -0.1) is 0 Å². The Labute approximate surface area is 116 Å². The van der Waals surface area contributed by atoms with Crippen LogP contribution in [0.1, 0.15) is 16.8 Å². The lowest BCUT2D eigenvalue weighted by molar-refractivity contribution is 0.0954. The van der Waals surface area contributed by atoms with Crippen molar-refractivity contribution in [2.45, 2.75) is 13.0 Å². The van der Waals surface area contributed by atoms with Crippen molar-refractivity contribution in [2.75, 3.05) is 6.54 Å². The highest BCUT2D eigenvalue weighted by Crippen LogP contribution is 2.17. The van der Waals surface area contributed by atoms with Crippen LogP contribution in [0, 0.1) is 0 Å². The van der Waals surface area contributed by atoms with Gasteiger partial charge in [0, 0.05) is 42.6 Å². The number of hydrogen-bond acceptors (Lipinski definition) is 2. The monoisotopic (exact) mass is 268 g/mol. The van der Waals surface area contributed by atoms with Crippen LogP contribution in [0.5, 0.6) is 0 Å². The Hall–Kier alpha value is -2.56. The predicted molar refractivity (Wildman–Crippen MR) is 77.5 cm³/mol. The summed E-state index contributed by atoms with van der Waals surface area (Å²) in [6.45, 7) is 1.50. The summed E-state index contributed by atoms with van der Waals surface area (Å²) < 4.78 is 2.00. The van der Waals surface area contributed by atoms with E-state index < -0.39 is 0 Å². The number of rotatable bonds is 5. The zero-order chi connectivity index (χ0) is 13.8. The molecule has 3 rings (SSSR count). The zero-order valence-corrected chi connectivity index (χ0v) is 11.0. The van der Waals surface area contributed by atoms with Gasteiger partial charge < -0.3 is 14.9 Å². The molecule has 0 saturated carbocycles. The molecule has 0 bridgehead atoms. The second-order valence-electron chi connectivity index (χ2n) is 4.66. The van der Waals surface area contributed by atoms with Crippen molar-refractivity contribution in [1.29, 1.82) is 0 Å². The maximum absolute atomic E-state index is 12.1. The van der Waals surface area contributed by atoms with Gasteiger partial charge in [0.05, 0.1) is 11.9 Å². The first-order valence-corrected chi connectivity index (χ1v) is 6.64. The summed E-state index contributed by atoms with van der Waals surface area (Å²) in [6, 6.07) is 7.80. The second kappa shape index (κ2) is 5.61. The summed E-state index contributed by atoms with van der Waals surface area (Å²) in [7, 11) is 0. The molecule has 20 heavy (non-hydrogen) atoms. The van der Waals surface area contributed by atoms with Gasteiger partial charge in [-0.1, -0.05) is 18.2 Å². The number of hydrogen-bond donors (Lipinski definition) is 2. The third-order valence-corrected chi connectivity index (χ3v) is 3.27. The number of H-pyrrole nitrogens is 1. The smallest absolute Gasteiger partial charge is 0.253 e. The Morgan fingerprint density at radius 2 is 2.25 bits per heavy atom. The number of nitrogens with one attached hydrogen (secondary N) is 2. The van der Waals surface area contributed by atoms with Crippen LogP contribution in [0.3, 0.4) is 0 Å². The Morgan fingerprint density at radius 1 is 1.35 bits per heavy atom. The molecule has 0 radical (unpaired) electrons. The fourth-order valence-corrected chi connectivity index (χ4v) is 2.24. The molecule has 2 heterocycles. The Kier molecular flexibility index (Phi) is 3.50. The van der Waals surface area contributed by atoms with Gasteiger partial charge in [0.25, 0.3) is 5.91 Å². The highest BCUT2D eigenvalue weighted by atomic mass is 16.1. The molecule has 0 fully saturated rings. The number of carbonyl (C=O) groups excluding carboxylic acids is 1. The van der Waals surface area contributed by atoms with E-state index in [1.807, 2.05) is 35.0 Å². The standard InChI is InChI=1S/C15H16N4O/c20-15(17-6-3-8-19-9-7-16-11-19)13-10-18-14-5-2-1-4-12(13)14/h1-2,4-5,7,9-11,18H,3,6,8H2,(H,17,20). The van der Waals surface area contributed by atoms with Crippen molar-refractivity contribution in [1.82, 2.24) is 19.9 Å². The van der Waals surface area contributed by atoms with Crippen molar-refractivity contribution < 1.29 is 4.79 Å². The van der Waals surface area contributed by atoms with Gasteiger partial charge in [-0.2, -0.15) is 0 Å². The molecule has 5 heteroatoms. The molecule has 1 aromatic carbocycles. The van der Waals surface area contributed by atoms with E-state index in [1.165, 1.54) is 0 Å². The molecule has 0 saturated heterocycles. The van der Waals surface area contributed by atoms with Crippen molar-refractivity contribution in [3.8, 4) is 0 Å². The molecule has 0 unspecified atom stereocenters. The summed E-state index contributed by atoms with van der Waals surface area (Å²) >= 11 is 0. The molecular weight excluding hydrogens is 252 g/mol. The van der Waals surface area contributed by atoms with E-state index in [0.717, 1.165) is 23.9 Å². The van der Waals surface area contributed by atoms with E-state index in [2.05, 4.69) is 15.3 Å². The van der Waals surface area contributed by atoms with Crippen molar-refractivity contribution in [3.63, 3.8) is 0 Å². The number of imidazole rings is 1. The van der Waals surface area contributed by atoms with Crippen molar-refractivity contribution >= 4 is 16.8 Å². The van der Waals surface area contributed by atoms with Crippen molar-refractivity contribution in [3.05, 3.63) is 54.7 Å². The van der Waals surface area contributed by atoms with E-state index in [1.54, 1.807) is 18.7 Å². The molecule has 0 aliphatic heterocycles. The number of para-hydroxylation sites is 1. The summed E-state index contributed by atoms with van der Waals surface area (Å²) in [5.74, 6) is -0.0342. The van der Waals surface area contributed by atoms with E-state index in [-0.39, 0.29) is 5.91 Å². The van der Waals surface area contributed by atoms with Crippen LogP contribution < -0.4 is 5.32 Å². The molecule has 0 aliphatic carbocycles. The van der Waals surface area contributed by atoms with E-state index in [0.29, 0.717) is 12.1 Å². The minimum absolute atomic E-state index is 0.0342. The molecule has 0 atom stereocenters. The average molecular weight is 268 g/mol. The summed E-state index contributed by atoms with van der Waals surface area (Å²) in [6.07, 6.45) is 8.09. The molecule has 2 N–H and O–H groups in total. The molecule has 1 amide bonds. The largest absolute Gasteiger partial charge is 0.360 e. The van der Waals surface area contributed by atoms with Crippen LogP contribution in [-0.4, -0.2) is 27.0 Å². The minimum atomic E-state index is -0.0342. The topological polar surface area (TPSA) is 62.7 Å². The summed E-state index contributed by atoms with van der Waals surface area (Å²) in [5, 5.41) is 3.90. The number of carbonyl (C=O) groups is 1. The van der Waals surface area contributed by atoms with E-state index in [9.17, 15) is 4.79 Å². The maximum atomic E-state index is 12.1. The Balaban J connectivity index is 1.56. The van der Waals surface area contributed by atoms with E-state index >= 15 is 0 Å². The van der Waals surface area contributed by atoms with Crippen LogP contribution in [0.15, 0.2) is 49.2 Å². The third-order valence-electron chi connectivity index (χ3n) is 3.27. The minimum Gasteiger partial charge on any atom is -0.360 e. The number of nitrogens with zero attached hydrogens (tertiary/aromatic N) is 2.